The first-order valence-corrected chi connectivity index (χ1v) is 13.0. The van der Waals surface area contributed by atoms with Crippen molar-refractivity contribution in [2.75, 3.05) is 25.0 Å². The Labute approximate surface area is 212 Å². The first kappa shape index (κ1) is 26.7. The summed E-state index contributed by atoms with van der Waals surface area (Å²) < 4.78 is 33.6. The van der Waals surface area contributed by atoms with Crippen LogP contribution in [-0.4, -0.2) is 51.9 Å². The van der Waals surface area contributed by atoms with E-state index in [1.165, 1.54) is 31.2 Å². The first-order chi connectivity index (χ1) is 17.3. The Kier molecular flexibility index (Phi) is 9.08. The molecule has 3 rings (SSSR count). The zero-order valence-electron chi connectivity index (χ0n) is 20.6. The Morgan fingerprint density at radius 1 is 0.917 bits per heavy atom. The molecule has 0 aliphatic heterocycles. The van der Waals surface area contributed by atoms with Gasteiger partial charge in [-0.05, 0) is 48.4 Å². The fourth-order valence-electron chi connectivity index (χ4n) is 3.86. The summed E-state index contributed by atoms with van der Waals surface area (Å²) in [6.07, 6.45) is 0.370. The van der Waals surface area contributed by atoms with E-state index in [1.54, 1.807) is 42.5 Å². The molecule has 8 nitrogen and oxygen atoms in total. The molecule has 0 saturated heterocycles. The Morgan fingerprint density at radius 3 is 2.03 bits per heavy atom. The third kappa shape index (κ3) is 6.23. The quantitative estimate of drug-likeness (QED) is 0.427. The largest absolute Gasteiger partial charge is 0.497 e. The van der Waals surface area contributed by atoms with Gasteiger partial charge in [-0.3, -0.25) is 13.9 Å². The SMILES string of the molecule is CC[C@H](C(=O)NC)N(Cc1ccccc1)C(=O)CN(c1ccccc1)S(=O)(=O)c1ccc(OC)cc1. The monoisotopic (exact) mass is 509 g/mol. The molecule has 0 bridgehead atoms. The third-order valence-corrected chi connectivity index (χ3v) is 7.59. The number of anilines is 1. The van der Waals surface area contributed by atoms with Crippen molar-refractivity contribution >= 4 is 27.5 Å². The summed E-state index contributed by atoms with van der Waals surface area (Å²) in [4.78, 5) is 27.9. The lowest BCUT2D eigenvalue weighted by Crippen LogP contribution is -2.51. The minimum atomic E-state index is -4.11. The zero-order valence-corrected chi connectivity index (χ0v) is 21.4. The second-order valence-corrected chi connectivity index (χ2v) is 9.93. The number of hydrogen-bond donors (Lipinski definition) is 1. The van der Waals surface area contributed by atoms with Crippen molar-refractivity contribution in [2.24, 2.45) is 0 Å². The second kappa shape index (κ2) is 12.2. The van der Waals surface area contributed by atoms with E-state index in [9.17, 15) is 18.0 Å². The number of amides is 2. The molecule has 0 radical (unpaired) electrons. The van der Waals surface area contributed by atoms with Gasteiger partial charge in [-0.15, -0.1) is 0 Å². The third-order valence-electron chi connectivity index (χ3n) is 5.80. The van der Waals surface area contributed by atoms with Crippen LogP contribution in [0.4, 0.5) is 5.69 Å². The number of carbonyl (C=O) groups excluding carboxylic acids is 2. The highest BCUT2D eigenvalue weighted by atomic mass is 32.2. The summed E-state index contributed by atoms with van der Waals surface area (Å²) in [6.45, 7) is 1.50. The molecule has 1 atom stereocenters. The van der Waals surface area contributed by atoms with Crippen LogP contribution in [0.2, 0.25) is 0 Å². The number of hydrogen-bond acceptors (Lipinski definition) is 5. The van der Waals surface area contributed by atoms with Crippen LogP contribution in [-0.2, 0) is 26.2 Å². The standard InChI is InChI=1S/C27H31N3O5S/c1-4-25(27(32)28-2)29(19-21-11-7-5-8-12-21)26(31)20-30(22-13-9-6-10-14-22)36(33,34)24-17-15-23(35-3)16-18-24/h5-18,25H,4,19-20H2,1-3H3,(H,28,32)/t25-/m1/s1. The van der Waals surface area contributed by atoms with Crippen molar-refractivity contribution in [1.29, 1.82) is 0 Å². The molecule has 190 valence electrons. The van der Waals surface area contributed by atoms with Gasteiger partial charge in [0.1, 0.15) is 18.3 Å². The molecule has 0 aliphatic rings. The molecule has 36 heavy (non-hydrogen) atoms. The van der Waals surface area contributed by atoms with E-state index in [-0.39, 0.29) is 17.3 Å². The molecule has 2 amide bonds. The number of rotatable bonds is 11. The molecule has 0 aromatic heterocycles. The number of nitrogens with one attached hydrogen (secondary N) is 1. The number of likely N-dealkylation sites (N-methyl/N-ethyl adjacent to an activating group) is 1. The summed E-state index contributed by atoms with van der Waals surface area (Å²) >= 11 is 0. The van der Waals surface area contributed by atoms with E-state index in [0.29, 0.717) is 17.9 Å². The minimum absolute atomic E-state index is 0.0212. The smallest absolute Gasteiger partial charge is 0.264 e. The maximum absolute atomic E-state index is 13.8. The van der Waals surface area contributed by atoms with Gasteiger partial charge in [0.2, 0.25) is 11.8 Å². The maximum atomic E-state index is 13.8. The average Bonchev–Trinajstić information content (AvgIpc) is 2.92. The average molecular weight is 510 g/mol. The van der Waals surface area contributed by atoms with Gasteiger partial charge >= 0.3 is 0 Å². The lowest BCUT2D eigenvalue weighted by molar-refractivity contribution is -0.140. The molecule has 3 aromatic carbocycles. The molecule has 0 spiro atoms. The summed E-state index contributed by atoms with van der Waals surface area (Å²) in [6, 6.07) is 23.0. The van der Waals surface area contributed by atoms with Gasteiger partial charge in [0.05, 0.1) is 17.7 Å². The van der Waals surface area contributed by atoms with Gasteiger partial charge in [0.25, 0.3) is 10.0 Å². The highest BCUT2D eigenvalue weighted by Gasteiger charge is 2.33. The van der Waals surface area contributed by atoms with Crippen molar-refractivity contribution in [3.05, 3.63) is 90.5 Å². The summed E-state index contributed by atoms with van der Waals surface area (Å²) in [5.74, 6) is -0.289. The van der Waals surface area contributed by atoms with Crippen LogP contribution in [0, 0.1) is 0 Å². The van der Waals surface area contributed by atoms with Crippen LogP contribution in [0.3, 0.4) is 0 Å². The highest BCUT2D eigenvalue weighted by Crippen LogP contribution is 2.26. The molecule has 0 fully saturated rings. The second-order valence-electron chi connectivity index (χ2n) is 8.07. The molecule has 9 heteroatoms. The lowest BCUT2D eigenvalue weighted by atomic mass is 10.1. The van der Waals surface area contributed by atoms with Gasteiger partial charge in [-0.25, -0.2) is 8.42 Å². The first-order valence-electron chi connectivity index (χ1n) is 11.6. The van der Waals surface area contributed by atoms with Crippen molar-refractivity contribution in [3.63, 3.8) is 0 Å². The number of ether oxygens (including phenoxy) is 1. The van der Waals surface area contributed by atoms with Gasteiger partial charge < -0.3 is 15.0 Å². The molecule has 0 saturated carbocycles. The van der Waals surface area contributed by atoms with Crippen LogP contribution >= 0.6 is 0 Å². The van der Waals surface area contributed by atoms with Gasteiger partial charge in [-0.1, -0.05) is 55.5 Å². The Bertz CT molecular complexity index is 1250. The number of sulfonamides is 1. The number of methoxy groups -OCH3 is 1. The molecule has 0 heterocycles. The van der Waals surface area contributed by atoms with Gasteiger partial charge in [0, 0.05) is 13.6 Å². The summed E-state index contributed by atoms with van der Waals surface area (Å²) in [5, 5.41) is 2.61. The lowest BCUT2D eigenvalue weighted by Gasteiger charge is -2.33. The minimum Gasteiger partial charge on any atom is -0.497 e. The van der Waals surface area contributed by atoms with Gasteiger partial charge in [-0.2, -0.15) is 0 Å². The topological polar surface area (TPSA) is 96.0 Å². The van der Waals surface area contributed by atoms with Crippen LogP contribution in [0.15, 0.2) is 89.8 Å². The van der Waals surface area contributed by atoms with Crippen LogP contribution in [0.1, 0.15) is 18.9 Å². The number of para-hydroxylation sites is 1. The highest BCUT2D eigenvalue weighted by molar-refractivity contribution is 7.92. The predicted molar refractivity (Wildman–Crippen MR) is 139 cm³/mol. The number of nitrogens with zero attached hydrogens (tertiary/aromatic N) is 2. The van der Waals surface area contributed by atoms with E-state index in [2.05, 4.69) is 5.32 Å². The van der Waals surface area contributed by atoms with Crippen molar-refractivity contribution in [3.8, 4) is 5.75 Å². The normalized spacial score (nSPS) is 11.9. The zero-order chi connectivity index (χ0) is 26.1. The molecular formula is C27H31N3O5S. The van der Waals surface area contributed by atoms with Crippen molar-refractivity contribution in [1.82, 2.24) is 10.2 Å². The van der Waals surface area contributed by atoms with Crippen molar-refractivity contribution in [2.45, 2.75) is 30.8 Å². The van der Waals surface area contributed by atoms with Gasteiger partial charge in [0.15, 0.2) is 0 Å². The molecular weight excluding hydrogens is 478 g/mol. The van der Waals surface area contributed by atoms with Crippen LogP contribution in [0.25, 0.3) is 0 Å². The Hall–Kier alpha value is -3.85. The molecule has 0 unspecified atom stereocenters. The van der Waals surface area contributed by atoms with E-state index in [1.807, 2.05) is 37.3 Å². The number of benzene rings is 3. The molecule has 1 N–H and O–H groups in total. The Morgan fingerprint density at radius 2 is 1.50 bits per heavy atom. The van der Waals surface area contributed by atoms with Crippen LogP contribution in [0.5, 0.6) is 5.75 Å². The fraction of sp³-hybridized carbons (Fsp3) is 0.259. The van der Waals surface area contributed by atoms with Crippen molar-refractivity contribution < 1.29 is 22.7 Å². The Balaban J connectivity index is 2.02. The van der Waals surface area contributed by atoms with E-state index in [4.69, 9.17) is 4.74 Å². The molecule has 3 aromatic rings. The predicted octanol–water partition coefficient (Wildman–Crippen LogP) is 3.44. The summed E-state index contributed by atoms with van der Waals surface area (Å²) in [5.41, 5.74) is 1.17. The molecule has 0 aliphatic carbocycles. The van der Waals surface area contributed by atoms with E-state index in [0.717, 1.165) is 9.87 Å². The van der Waals surface area contributed by atoms with Crippen LogP contribution < -0.4 is 14.4 Å². The summed E-state index contributed by atoms with van der Waals surface area (Å²) in [7, 11) is -1.10. The number of carbonyl (C=O) groups is 2. The maximum Gasteiger partial charge on any atom is 0.264 e. The van der Waals surface area contributed by atoms with E-state index >= 15 is 0 Å². The fourth-order valence-corrected chi connectivity index (χ4v) is 5.28. The van der Waals surface area contributed by atoms with E-state index < -0.39 is 28.5 Å².